The fourth-order valence-corrected chi connectivity index (χ4v) is 3.48. The van der Waals surface area contributed by atoms with Crippen molar-refractivity contribution in [3.8, 4) is 0 Å². The predicted molar refractivity (Wildman–Crippen MR) is 109 cm³/mol. The van der Waals surface area contributed by atoms with Gasteiger partial charge in [-0.05, 0) is 29.8 Å². The highest BCUT2D eigenvalue weighted by Gasteiger charge is 2.35. The molecule has 0 unspecified atom stereocenters. The molecule has 32 heavy (non-hydrogen) atoms. The Labute approximate surface area is 183 Å². The minimum atomic E-state index is -4.62. The monoisotopic (exact) mass is 452 g/mol. The van der Waals surface area contributed by atoms with Gasteiger partial charge < -0.3 is 19.1 Å². The number of methoxy groups -OCH3 is 2. The van der Waals surface area contributed by atoms with Gasteiger partial charge in [-0.15, -0.1) is 0 Å². The van der Waals surface area contributed by atoms with Crippen molar-refractivity contribution in [1.82, 2.24) is 4.90 Å². The van der Waals surface area contributed by atoms with Crippen molar-refractivity contribution < 1.29 is 37.0 Å². The lowest BCUT2D eigenvalue weighted by molar-refractivity contribution is -0.139. The SMILES string of the molecule is COC(=O)C1=C(C(=O)OC)N(c2ccc(CN3CCOCC3)c(C(F)(F)F)c2)C=CC=C1. The Balaban J connectivity index is 2.08. The number of halogens is 3. The van der Waals surface area contributed by atoms with Crippen LogP contribution in [0.4, 0.5) is 18.9 Å². The third-order valence-electron chi connectivity index (χ3n) is 5.06. The number of ether oxygens (including phenoxy) is 3. The average Bonchev–Trinajstić information content (AvgIpc) is 3.01. The molecule has 1 aromatic carbocycles. The number of alkyl halides is 3. The second kappa shape index (κ2) is 10.0. The molecule has 172 valence electrons. The fourth-order valence-electron chi connectivity index (χ4n) is 3.48. The van der Waals surface area contributed by atoms with Crippen LogP contribution in [0.3, 0.4) is 0 Å². The quantitative estimate of drug-likeness (QED) is 0.637. The summed E-state index contributed by atoms with van der Waals surface area (Å²) in [6.07, 6.45) is 1.08. The van der Waals surface area contributed by atoms with Crippen molar-refractivity contribution in [1.29, 1.82) is 0 Å². The van der Waals surface area contributed by atoms with Crippen LogP contribution in [0, 0.1) is 0 Å². The molecule has 2 aliphatic heterocycles. The minimum absolute atomic E-state index is 0.0461. The topological polar surface area (TPSA) is 68.3 Å². The summed E-state index contributed by atoms with van der Waals surface area (Å²) < 4.78 is 56.6. The zero-order valence-electron chi connectivity index (χ0n) is 17.6. The average molecular weight is 452 g/mol. The summed E-state index contributed by atoms with van der Waals surface area (Å²) in [5.41, 5.74) is -1.06. The van der Waals surface area contributed by atoms with E-state index < -0.39 is 23.7 Å². The number of benzene rings is 1. The number of hydrogen-bond acceptors (Lipinski definition) is 7. The van der Waals surface area contributed by atoms with Crippen LogP contribution in [-0.4, -0.2) is 57.4 Å². The van der Waals surface area contributed by atoms with Crippen LogP contribution in [0.15, 0.2) is 53.9 Å². The highest BCUT2D eigenvalue weighted by Crippen LogP contribution is 2.37. The molecule has 0 atom stereocenters. The lowest BCUT2D eigenvalue weighted by Crippen LogP contribution is -2.36. The predicted octanol–water partition coefficient (Wildman–Crippen LogP) is 3.03. The Morgan fingerprint density at radius 2 is 1.75 bits per heavy atom. The van der Waals surface area contributed by atoms with E-state index >= 15 is 0 Å². The summed E-state index contributed by atoms with van der Waals surface area (Å²) in [7, 11) is 2.26. The zero-order chi connectivity index (χ0) is 23.3. The second-order valence-electron chi connectivity index (χ2n) is 7.04. The maximum absolute atomic E-state index is 13.9. The van der Waals surface area contributed by atoms with E-state index in [0.29, 0.717) is 26.3 Å². The number of carbonyl (C=O) groups excluding carboxylic acids is 2. The molecular weight excluding hydrogens is 429 g/mol. The molecule has 0 aliphatic carbocycles. The molecule has 0 spiro atoms. The molecule has 0 saturated carbocycles. The van der Waals surface area contributed by atoms with E-state index in [1.165, 1.54) is 41.5 Å². The lowest BCUT2D eigenvalue weighted by atomic mass is 10.0. The van der Waals surface area contributed by atoms with Crippen LogP contribution in [-0.2, 0) is 36.5 Å². The Morgan fingerprint density at radius 3 is 2.38 bits per heavy atom. The molecule has 2 heterocycles. The smallest absolute Gasteiger partial charge is 0.416 e. The van der Waals surface area contributed by atoms with Crippen molar-refractivity contribution in [2.45, 2.75) is 12.7 Å². The highest BCUT2D eigenvalue weighted by atomic mass is 19.4. The lowest BCUT2D eigenvalue weighted by Gasteiger charge is -2.29. The molecule has 10 heteroatoms. The molecule has 3 rings (SSSR count). The van der Waals surface area contributed by atoms with Gasteiger partial charge in [0.05, 0.1) is 38.6 Å². The molecule has 0 bridgehead atoms. The first kappa shape index (κ1) is 23.6. The maximum atomic E-state index is 13.9. The van der Waals surface area contributed by atoms with Gasteiger partial charge in [-0.1, -0.05) is 12.1 Å². The molecule has 0 aromatic heterocycles. The standard InChI is InChI=1S/C22H23F3N2O5/c1-30-20(28)17-5-3-4-8-27(19(17)21(29)31-2)16-7-6-15(18(13-16)22(23,24)25)14-26-9-11-32-12-10-26/h3-8,13H,9-12,14H2,1-2H3. The number of hydrogen-bond donors (Lipinski definition) is 0. The van der Waals surface area contributed by atoms with Crippen LogP contribution >= 0.6 is 0 Å². The maximum Gasteiger partial charge on any atom is 0.416 e. The van der Waals surface area contributed by atoms with E-state index in [9.17, 15) is 22.8 Å². The van der Waals surface area contributed by atoms with E-state index in [1.54, 1.807) is 0 Å². The highest BCUT2D eigenvalue weighted by molar-refractivity contribution is 6.05. The molecule has 7 nitrogen and oxygen atoms in total. The number of rotatable bonds is 5. The molecular formula is C22H23F3N2O5. The van der Waals surface area contributed by atoms with E-state index in [2.05, 4.69) is 0 Å². The summed E-state index contributed by atoms with van der Waals surface area (Å²) in [6.45, 7) is 2.13. The van der Waals surface area contributed by atoms with Gasteiger partial charge in [0.25, 0.3) is 0 Å². The molecule has 2 aliphatic rings. The van der Waals surface area contributed by atoms with Gasteiger partial charge in [0.15, 0.2) is 0 Å². The molecule has 1 aromatic rings. The van der Waals surface area contributed by atoms with Crippen molar-refractivity contribution in [2.75, 3.05) is 45.4 Å². The summed E-state index contributed by atoms with van der Waals surface area (Å²) in [4.78, 5) is 27.8. The van der Waals surface area contributed by atoms with Gasteiger partial charge in [-0.3, -0.25) is 4.90 Å². The van der Waals surface area contributed by atoms with Gasteiger partial charge in [-0.2, -0.15) is 13.2 Å². The number of esters is 2. The summed E-state index contributed by atoms with van der Waals surface area (Å²) in [5, 5.41) is 0. The van der Waals surface area contributed by atoms with Crippen LogP contribution in [0.1, 0.15) is 11.1 Å². The van der Waals surface area contributed by atoms with Crippen molar-refractivity contribution in [3.05, 3.63) is 65.0 Å². The van der Waals surface area contributed by atoms with Gasteiger partial charge in [0, 0.05) is 31.5 Å². The Hall–Kier alpha value is -3.11. The molecule has 0 N–H and O–H groups in total. The van der Waals surface area contributed by atoms with Gasteiger partial charge in [0.2, 0.25) is 0 Å². The van der Waals surface area contributed by atoms with Gasteiger partial charge in [-0.25, -0.2) is 9.59 Å². The molecule has 1 fully saturated rings. The number of carbonyl (C=O) groups is 2. The van der Waals surface area contributed by atoms with E-state index in [-0.39, 0.29) is 29.1 Å². The van der Waals surface area contributed by atoms with E-state index in [1.807, 2.05) is 4.90 Å². The number of anilines is 1. The summed E-state index contributed by atoms with van der Waals surface area (Å²) in [5.74, 6) is -1.72. The minimum Gasteiger partial charge on any atom is -0.465 e. The van der Waals surface area contributed by atoms with Crippen molar-refractivity contribution >= 4 is 17.6 Å². The van der Waals surface area contributed by atoms with Gasteiger partial charge >= 0.3 is 18.1 Å². The van der Waals surface area contributed by atoms with Crippen LogP contribution in [0.5, 0.6) is 0 Å². The first-order valence-electron chi connectivity index (χ1n) is 9.81. The first-order valence-corrected chi connectivity index (χ1v) is 9.81. The van der Waals surface area contributed by atoms with E-state index in [0.717, 1.165) is 20.3 Å². The molecule has 0 amide bonds. The van der Waals surface area contributed by atoms with Crippen LogP contribution in [0.25, 0.3) is 0 Å². The van der Waals surface area contributed by atoms with E-state index in [4.69, 9.17) is 14.2 Å². The first-order chi connectivity index (χ1) is 15.3. The van der Waals surface area contributed by atoms with Gasteiger partial charge in [0.1, 0.15) is 5.70 Å². The normalized spacial score (nSPS) is 17.3. The molecule has 1 saturated heterocycles. The Bertz CT molecular complexity index is 963. The van der Waals surface area contributed by atoms with Crippen molar-refractivity contribution in [2.24, 2.45) is 0 Å². The van der Waals surface area contributed by atoms with Crippen LogP contribution in [0.2, 0.25) is 0 Å². The van der Waals surface area contributed by atoms with Crippen molar-refractivity contribution in [3.63, 3.8) is 0 Å². The number of allylic oxidation sites excluding steroid dienone is 2. The third-order valence-corrected chi connectivity index (χ3v) is 5.06. The van der Waals surface area contributed by atoms with Crippen LogP contribution < -0.4 is 4.90 Å². The summed E-state index contributed by atoms with van der Waals surface area (Å²) in [6, 6.07) is 3.81. The fraction of sp³-hybridized carbons (Fsp3) is 0.364. The number of morpholine rings is 1. The molecule has 0 radical (unpaired) electrons. The number of nitrogens with zero attached hydrogens (tertiary/aromatic N) is 2. The third kappa shape index (κ3) is 5.20. The zero-order valence-corrected chi connectivity index (χ0v) is 17.6. The Morgan fingerprint density at radius 1 is 1.06 bits per heavy atom. The Kier molecular flexibility index (Phi) is 7.37. The summed E-state index contributed by atoms with van der Waals surface area (Å²) >= 11 is 0. The largest absolute Gasteiger partial charge is 0.465 e. The second-order valence-corrected chi connectivity index (χ2v) is 7.04.